The first-order valence-electron chi connectivity index (χ1n) is 2.96. The Morgan fingerprint density at radius 1 is 1.55 bits per heavy atom. The van der Waals surface area contributed by atoms with Crippen molar-refractivity contribution in [1.82, 2.24) is 0 Å². The number of allylic oxidation sites excluding steroid dienone is 2. The standard InChI is InChI=1S/C6H6O3S.In/c1-6(5-7)3-4-10(2,8)9;/h1,3,5H,2H3;. The monoisotopic (exact) mass is 273 g/mol. The minimum atomic E-state index is -3.01. The predicted octanol–water partition coefficient (Wildman–Crippen LogP) is -0.327. The van der Waals surface area contributed by atoms with Gasteiger partial charge in [-0.15, -0.1) is 0 Å². The third kappa shape index (κ3) is 2.20. The van der Waals surface area contributed by atoms with Gasteiger partial charge in [-0.2, -0.15) is 0 Å². The van der Waals surface area contributed by atoms with Crippen LogP contribution < -0.4 is 0 Å². The van der Waals surface area contributed by atoms with Gasteiger partial charge in [0.2, 0.25) is 0 Å². The molecule has 0 atom stereocenters. The minimum absolute atomic E-state index is 0.509. The molecule has 0 fully saturated rings. The molecule has 11 heavy (non-hydrogen) atoms. The van der Waals surface area contributed by atoms with Crippen molar-refractivity contribution in [2.75, 3.05) is 6.26 Å². The van der Waals surface area contributed by atoms with Crippen molar-refractivity contribution in [3.63, 3.8) is 0 Å². The number of rotatable bonds is 2. The molecular formula is C6H6InO3S. The van der Waals surface area contributed by atoms with E-state index in [0.717, 1.165) is 0 Å². The molecule has 0 amide bonds. The Labute approximate surface area is 76.4 Å². The average molecular weight is 273 g/mol. The number of aldehydes is 1. The van der Waals surface area contributed by atoms with E-state index >= 15 is 0 Å². The van der Waals surface area contributed by atoms with E-state index in [0.29, 0.717) is 14.5 Å². The molecular weight excluding hydrogens is 267 g/mol. The van der Waals surface area contributed by atoms with Crippen molar-refractivity contribution in [2.24, 2.45) is 0 Å². The van der Waals surface area contributed by atoms with E-state index in [1.807, 2.05) is 0 Å². The van der Waals surface area contributed by atoms with Gasteiger partial charge in [-0.3, -0.25) is 0 Å². The zero-order chi connectivity index (χ0) is 8.48. The summed E-state index contributed by atoms with van der Waals surface area (Å²) in [5.74, 6) is 0. The molecule has 1 aliphatic heterocycles. The first-order chi connectivity index (χ1) is 5.04. The molecule has 0 unspecified atom stereocenters. The van der Waals surface area contributed by atoms with Gasteiger partial charge in [-0.25, -0.2) is 0 Å². The van der Waals surface area contributed by atoms with E-state index in [-0.39, 0.29) is 0 Å². The Kier molecular flexibility index (Phi) is 2.59. The van der Waals surface area contributed by atoms with Gasteiger partial charge in [0.1, 0.15) is 0 Å². The van der Waals surface area contributed by atoms with Gasteiger partial charge >= 0.3 is 76.6 Å². The molecule has 1 radical (unpaired) electrons. The van der Waals surface area contributed by atoms with Crippen molar-refractivity contribution < 1.29 is 13.2 Å². The number of carbonyl (C=O) groups is 1. The second kappa shape index (κ2) is 3.15. The van der Waals surface area contributed by atoms with Gasteiger partial charge in [0.15, 0.2) is 0 Å². The molecule has 1 heterocycles. The average Bonchev–Trinajstić information content (AvgIpc) is 2.32. The Bertz CT molecular complexity index is 337. The third-order valence-electron chi connectivity index (χ3n) is 1.31. The third-order valence-corrected chi connectivity index (χ3v) is 9.85. The maximum absolute atomic E-state index is 10.9. The Balaban J connectivity index is 2.95. The molecule has 57 valence electrons. The van der Waals surface area contributed by atoms with Crippen LogP contribution in [0.1, 0.15) is 0 Å². The fourth-order valence-corrected chi connectivity index (χ4v) is 6.25. The quantitative estimate of drug-likeness (QED) is 0.647. The molecule has 0 aromatic rings. The van der Waals surface area contributed by atoms with Crippen molar-refractivity contribution in [2.45, 2.75) is 0 Å². The molecule has 0 N–H and O–H groups in total. The Morgan fingerprint density at radius 2 is 2.18 bits per heavy atom. The molecule has 1 rings (SSSR count). The summed E-state index contributed by atoms with van der Waals surface area (Å²) in [7, 11) is -3.01. The van der Waals surface area contributed by atoms with Gasteiger partial charge in [0.05, 0.1) is 0 Å². The number of hydrogen-bond donors (Lipinski definition) is 0. The zero-order valence-corrected chi connectivity index (χ0v) is 10.1. The normalized spacial score (nSPS) is 16.8. The Hall–Kier alpha value is -0.0299. The number of sulfone groups is 1. The zero-order valence-electron chi connectivity index (χ0n) is 5.94. The van der Waals surface area contributed by atoms with Gasteiger partial charge in [-0.1, -0.05) is 0 Å². The van der Waals surface area contributed by atoms with Crippen molar-refractivity contribution in [3.8, 4) is 0 Å². The van der Waals surface area contributed by atoms with Crippen LogP contribution in [-0.4, -0.2) is 43.9 Å². The second-order valence-electron chi connectivity index (χ2n) is 2.27. The molecule has 0 saturated carbocycles. The molecule has 3 nitrogen and oxygen atoms in total. The van der Waals surface area contributed by atoms with E-state index in [2.05, 4.69) is 0 Å². The first kappa shape index (κ1) is 9.06. The predicted molar refractivity (Wildman–Crippen MR) is 42.8 cm³/mol. The summed E-state index contributed by atoms with van der Waals surface area (Å²) in [4.78, 5) is 10.2. The first-order valence-corrected chi connectivity index (χ1v) is 8.40. The van der Waals surface area contributed by atoms with E-state index in [1.54, 1.807) is 3.83 Å². The van der Waals surface area contributed by atoms with Gasteiger partial charge in [0, 0.05) is 0 Å². The van der Waals surface area contributed by atoms with Gasteiger partial charge in [0.25, 0.3) is 0 Å². The van der Waals surface area contributed by atoms with E-state index in [4.69, 9.17) is 0 Å². The van der Waals surface area contributed by atoms with E-state index < -0.39 is 32.7 Å². The van der Waals surface area contributed by atoms with Crippen molar-refractivity contribution >= 4 is 39.0 Å². The molecule has 5 heteroatoms. The van der Waals surface area contributed by atoms with Gasteiger partial charge < -0.3 is 0 Å². The molecule has 0 aromatic heterocycles. The molecule has 0 aliphatic carbocycles. The summed E-state index contributed by atoms with van der Waals surface area (Å²) < 4.78 is 24.1. The fourth-order valence-electron chi connectivity index (χ4n) is 0.743. The van der Waals surface area contributed by atoms with Crippen LogP contribution in [0.4, 0.5) is 0 Å². The van der Waals surface area contributed by atoms with Crippen LogP contribution in [0.2, 0.25) is 0 Å². The molecule has 0 saturated heterocycles. The van der Waals surface area contributed by atoms with E-state index in [1.165, 1.54) is 12.3 Å². The molecule has 0 aromatic carbocycles. The van der Waals surface area contributed by atoms with Crippen molar-refractivity contribution in [3.05, 3.63) is 18.1 Å². The molecule has 0 bridgehead atoms. The molecule has 1 aliphatic rings. The van der Waals surface area contributed by atoms with Crippen LogP contribution in [-0.2, 0) is 14.6 Å². The summed E-state index contributed by atoms with van der Waals surface area (Å²) in [6, 6.07) is 0. The Morgan fingerprint density at radius 3 is 2.45 bits per heavy atom. The summed E-state index contributed by atoms with van der Waals surface area (Å²) in [5, 5.41) is 0. The van der Waals surface area contributed by atoms with Crippen LogP contribution in [0.5, 0.6) is 0 Å². The van der Waals surface area contributed by atoms with Crippen LogP contribution in [0.3, 0.4) is 0 Å². The topological polar surface area (TPSA) is 51.2 Å². The van der Waals surface area contributed by atoms with Crippen LogP contribution >= 0.6 is 0 Å². The molecule has 0 spiro atoms. The summed E-state index contributed by atoms with van der Waals surface area (Å²) in [5.41, 5.74) is 0.534. The van der Waals surface area contributed by atoms with E-state index in [9.17, 15) is 13.2 Å². The SMILES string of the molecule is CS(=O)(=O)[C]1=CC(C=O)=[CH][In]1. The fraction of sp³-hybridized carbons (Fsp3) is 0.167. The second-order valence-corrected chi connectivity index (χ2v) is 9.16. The van der Waals surface area contributed by atoms with Crippen molar-refractivity contribution in [1.29, 1.82) is 0 Å². The summed E-state index contributed by atoms with van der Waals surface area (Å²) >= 11 is -1.26. The summed E-state index contributed by atoms with van der Waals surface area (Å²) in [6.07, 6.45) is 3.37. The van der Waals surface area contributed by atoms with Gasteiger partial charge in [-0.05, 0) is 0 Å². The maximum atomic E-state index is 10.9. The van der Waals surface area contributed by atoms with Crippen LogP contribution in [0.25, 0.3) is 0 Å². The van der Waals surface area contributed by atoms with Crippen LogP contribution in [0.15, 0.2) is 18.1 Å². The van der Waals surface area contributed by atoms with Crippen LogP contribution in [0, 0.1) is 0 Å². The number of hydrogen-bond acceptors (Lipinski definition) is 3. The summed E-state index contributed by atoms with van der Waals surface area (Å²) in [6.45, 7) is 0. The number of carbonyl (C=O) groups excluding carboxylic acids is 1.